The van der Waals surface area contributed by atoms with Crippen molar-refractivity contribution < 1.29 is 9.53 Å². The normalized spacial score (nSPS) is 21.7. The summed E-state index contributed by atoms with van der Waals surface area (Å²) in [4.78, 5) is 20.5. The van der Waals surface area contributed by atoms with Gasteiger partial charge in [-0.15, -0.1) is 0 Å². The van der Waals surface area contributed by atoms with Gasteiger partial charge < -0.3 is 14.5 Å². The van der Waals surface area contributed by atoms with Crippen LogP contribution in [0.5, 0.6) is 0 Å². The predicted octanol–water partition coefficient (Wildman–Crippen LogP) is 1.43. The quantitative estimate of drug-likeness (QED) is 0.824. The van der Waals surface area contributed by atoms with E-state index in [9.17, 15) is 4.79 Å². The number of carbonyl (C=O) groups is 1. The molecular weight excluding hydrogens is 304 g/mol. The molecule has 0 saturated carbocycles. The van der Waals surface area contributed by atoms with E-state index in [1.807, 2.05) is 15.9 Å². The molecule has 0 N–H and O–H groups in total. The van der Waals surface area contributed by atoms with Crippen molar-refractivity contribution in [3.05, 3.63) is 22.8 Å². The molecule has 1 atom stereocenters. The molecule has 2 fully saturated rings. The summed E-state index contributed by atoms with van der Waals surface area (Å²) in [5.41, 5.74) is 0.445. The highest BCUT2D eigenvalue weighted by Crippen LogP contribution is 2.25. The Morgan fingerprint density at radius 3 is 2.77 bits per heavy atom. The maximum atomic E-state index is 12.3. The van der Waals surface area contributed by atoms with Crippen molar-refractivity contribution in [2.45, 2.75) is 18.9 Å². The van der Waals surface area contributed by atoms with Crippen LogP contribution in [-0.4, -0.2) is 54.7 Å². The third-order valence-corrected chi connectivity index (χ3v) is 4.33. The number of aromatic nitrogens is 1. The summed E-state index contributed by atoms with van der Waals surface area (Å²) in [5, 5.41) is 9.31. The molecule has 2 aliphatic heterocycles. The summed E-state index contributed by atoms with van der Waals surface area (Å²) in [5.74, 6) is 0.765. The van der Waals surface area contributed by atoms with Crippen molar-refractivity contribution in [2.24, 2.45) is 0 Å². The van der Waals surface area contributed by atoms with Gasteiger partial charge in [0, 0.05) is 39.0 Å². The second kappa shape index (κ2) is 6.51. The third-order valence-electron chi connectivity index (χ3n) is 4.05. The number of amides is 1. The van der Waals surface area contributed by atoms with Gasteiger partial charge in [-0.1, -0.05) is 11.6 Å². The van der Waals surface area contributed by atoms with E-state index in [0.29, 0.717) is 49.2 Å². The van der Waals surface area contributed by atoms with E-state index in [-0.39, 0.29) is 12.0 Å². The van der Waals surface area contributed by atoms with Crippen LogP contribution in [0.3, 0.4) is 0 Å². The zero-order valence-electron chi connectivity index (χ0n) is 12.2. The van der Waals surface area contributed by atoms with Crippen molar-refractivity contribution in [1.29, 1.82) is 5.26 Å². The first kappa shape index (κ1) is 15.1. The topological polar surface area (TPSA) is 69.5 Å². The van der Waals surface area contributed by atoms with Crippen LogP contribution in [0.1, 0.15) is 18.4 Å². The number of nitriles is 1. The average Bonchev–Trinajstić information content (AvgIpc) is 3.08. The Bertz CT molecular complexity index is 602. The lowest BCUT2D eigenvalue weighted by Crippen LogP contribution is -2.51. The Balaban J connectivity index is 1.62. The molecule has 3 rings (SSSR count). The van der Waals surface area contributed by atoms with Crippen molar-refractivity contribution in [2.75, 3.05) is 37.7 Å². The molecule has 0 spiro atoms. The SMILES string of the molecule is N#Cc1cnc(N2CCN(C(=O)[C@H]3CCCO3)CC2)c(Cl)c1. The second-order valence-electron chi connectivity index (χ2n) is 5.46. The van der Waals surface area contributed by atoms with Gasteiger partial charge in [0.25, 0.3) is 5.91 Å². The van der Waals surface area contributed by atoms with Crippen LogP contribution >= 0.6 is 11.6 Å². The molecule has 1 aromatic rings. The van der Waals surface area contributed by atoms with Crippen LogP contribution in [0, 0.1) is 11.3 Å². The molecule has 2 aliphatic rings. The monoisotopic (exact) mass is 320 g/mol. The molecule has 0 aliphatic carbocycles. The standard InChI is InChI=1S/C15H17ClN4O2/c16-12-8-11(9-17)10-18-14(12)19-3-5-20(6-4-19)15(21)13-2-1-7-22-13/h8,10,13H,1-7H2/t13-/m1/s1. The van der Waals surface area contributed by atoms with Crippen LogP contribution in [0.2, 0.25) is 5.02 Å². The molecule has 0 aromatic carbocycles. The third kappa shape index (κ3) is 3.01. The number of rotatable bonds is 2. The highest BCUT2D eigenvalue weighted by molar-refractivity contribution is 6.33. The van der Waals surface area contributed by atoms with Gasteiger partial charge in [-0.2, -0.15) is 5.26 Å². The number of piperazine rings is 1. The molecule has 6 nitrogen and oxygen atoms in total. The summed E-state index contributed by atoms with van der Waals surface area (Å²) in [7, 11) is 0. The molecule has 22 heavy (non-hydrogen) atoms. The van der Waals surface area contributed by atoms with Gasteiger partial charge in [-0.05, 0) is 18.9 Å². The number of carbonyl (C=O) groups excluding carboxylic acids is 1. The van der Waals surface area contributed by atoms with E-state index in [1.54, 1.807) is 6.07 Å². The Labute approximate surface area is 134 Å². The minimum Gasteiger partial charge on any atom is -0.368 e. The van der Waals surface area contributed by atoms with Crippen LogP contribution in [0.15, 0.2) is 12.3 Å². The van der Waals surface area contributed by atoms with Gasteiger partial charge in [-0.3, -0.25) is 4.79 Å². The smallest absolute Gasteiger partial charge is 0.251 e. The molecule has 2 saturated heterocycles. The minimum atomic E-state index is -0.261. The molecule has 116 valence electrons. The lowest BCUT2D eigenvalue weighted by atomic mass is 10.2. The summed E-state index contributed by atoms with van der Waals surface area (Å²) in [6.45, 7) is 3.31. The van der Waals surface area contributed by atoms with Gasteiger partial charge in [0.05, 0.1) is 10.6 Å². The number of anilines is 1. The highest BCUT2D eigenvalue weighted by atomic mass is 35.5. The fraction of sp³-hybridized carbons (Fsp3) is 0.533. The van der Waals surface area contributed by atoms with Crippen LogP contribution in [0.25, 0.3) is 0 Å². The lowest BCUT2D eigenvalue weighted by Gasteiger charge is -2.36. The van der Waals surface area contributed by atoms with E-state index in [2.05, 4.69) is 4.98 Å². The van der Waals surface area contributed by atoms with Crippen molar-refractivity contribution in [3.8, 4) is 6.07 Å². The Morgan fingerprint density at radius 2 is 2.18 bits per heavy atom. The summed E-state index contributed by atoms with van der Waals surface area (Å²) in [6, 6.07) is 3.64. The van der Waals surface area contributed by atoms with Gasteiger partial charge in [0.15, 0.2) is 0 Å². The maximum absolute atomic E-state index is 12.3. The van der Waals surface area contributed by atoms with Gasteiger partial charge >= 0.3 is 0 Å². The van der Waals surface area contributed by atoms with E-state index in [0.717, 1.165) is 12.8 Å². The number of hydrogen-bond acceptors (Lipinski definition) is 5. The van der Waals surface area contributed by atoms with E-state index in [1.165, 1.54) is 6.20 Å². The van der Waals surface area contributed by atoms with Gasteiger partial charge in [0.2, 0.25) is 0 Å². The second-order valence-corrected chi connectivity index (χ2v) is 5.86. The summed E-state index contributed by atoms with van der Waals surface area (Å²) < 4.78 is 5.46. The van der Waals surface area contributed by atoms with E-state index in [4.69, 9.17) is 21.6 Å². The number of halogens is 1. The van der Waals surface area contributed by atoms with Crippen molar-refractivity contribution in [3.63, 3.8) is 0 Å². The molecule has 0 radical (unpaired) electrons. The van der Waals surface area contributed by atoms with E-state index >= 15 is 0 Å². The highest BCUT2D eigenvalue weighted by Gasteiger charge is 2.30. The minimum absolute atomic E-state index is 0.0936. The van der Waals surface area contributed by atoms with Crippen LogP contribution in [0.4, 0.5) is 5.82 Å². The molecular formula is C15H17ClN4O2. The summed E-state index contributed by atoms with van der Waals surface area (Å²) in [6.07, 6.45) is 3.04. The predicted molar refractivity (Wildman–Crippen MR) is 81.7 cm³/mol. The molecule has 1 amide bonds. The largest absolute Gasteiger partial charge is 0.368 e. The zero-order chi connectivity index (χ0) is 15.5. The van der Waals surface area contributed by atoms with E-state index < -0.39 is 0 Å². The Hall–Kier alpha value is -1.84. The van der Waals surface area contributed by atoms with Crippen LogP contribution < -0.4 is 4.90 Å². The molecule has 0 unspecified atom stereocenters. The Morgan fingerprint density at radius 1 is 1.41 bits per heavy atom. The first-order chi connectivity index (χ1) is 10.7. The van der Waals surface area contributed by atoms with Gasteiger partial charge in [0.1, 0.15) is 18.0 Å². The molecule has 3 heterocycles. The maximum Gasteiger partial charge on any atom is 0.251 e. The average molecular weight is 321 g/mol. The fourth-order valence-corrected chi connectivity index (χ4v) is 3.13. The fourth-order valence-electron chi connectivity index (χ4n) is 2.84. The first-order valence-electron chi connectivity index (χ1n) is 7.40. The van der Waals surface area contributed by atoms with Crippen molar-refractivity contribution in [1.82, 2.24) is 9.88 Å². The van der Waals surface area contributed by atoms with Crippen LogP contribution in [-0.2, 0) is 9.53 Å². The number of nitrogens with zero attached hydrogens (tertiary/aromatic N) is 4. The summed E-state index contributed by atoms with van der Waals surface area (Å²) >= 11 is 6.19. The lowest BCUT2D eigenvalue weighted by molar-refractivity contribution is -0.141. The Kier molecular flexibility index (Phi) is 4.46. The first-order valence-corrected chi connectivity index (χ1v) is 7.78. The number of pyridine rings is 1. The zero-order valence-corrected chi connectivity index (χ0v) is 12.9. The van der Waals surface area contributed by atoms with Gasteiger partial charge in [-0.25, -0.2) is 4.98 Å². The molecule has 1 aromatic heterocycles. The van der Waals surface area contributed by atoms with Crippen molar-refractivity contribution >= 4 is 23.3 Å². The molecule has 0 bridgehead atoms. The molecule has 7 heteroatoms. The number of ether oxygens (including phenoxy) is 1. The number of hydrogen-bond donors (Lipinski definition) is 0.